The minimum Gasteiger partial charge on any atom is -0.497 e. The number of ether oxygens (including phenoxy) is 2. The zero-order valence-corrected chi connectivity index (χ0v) is 15.3. The lowest BCUT2D eigenvalue weighted by molar-refractivity contribution is 0.0616. The van der Waals surface area contributed by atoms with E-state index in [9.17, 15) is 4.79 Å². The Morgan fingerprint density at radius 3 is 3.04 bits per heavy atom. The molecule has 0 saturated carbocycles. The molecule has 0 bridgehead atoms. The molecule has 2 aromatic rings. The van der Waals surface area contributed by atoms with Crippen LogP contribution in [-0.2, 0) is 13.1 Å². The van der Waals surface area contributed by atoms with Gasteiger partial charge in [0.25, 0.3) is 5.91 Å². The number of carbonyl (C=O) groups is 1. The van der Waals surface area contributed by atoms with Crippen molar-refractivity contribution in [1.29, 1.82) is 0 Å². The summed E-state index contributed by atoms with van der Waals surface area (Å²) in [4.78, 5) is 12.8. The number of amides is 1. The van der Waals surface area contributed by atoms with Crippen molar-refractivity contribution in [2.75, 3.05) is 13.7 Å². The van der Waals surface area contributed by atoms with Crippen LogP contribution in [0.1, 0.15) is 48.1 Å². The van der Waals surface area contributed by atoms with Gasteiger partial charge in [0.15, 0.2) is 5.69 Å². The fourth-order valence-corrected chi connectivity index (χ4v) is 3.62. The predicted molar refractivity (Wildman–Crippen MR) is 96.5 cm³/mol. The van der Waals surface area contributed by atoms with Gasteiger partial charge in [-0.05, 0) is 38.1 Å². The average molecular weight is 356 g/mol. The van der Waals surface area contributed by atoms with Crippen LogP contribution in [0.2, 0.25) is 0 Å². The van der Waals surface area contributed by atoms with Crippen LogP contribution in [0.25, 0.3) is 0 Å². The van der Waals surface area contributed by atoms with Crippen molar-refractivity contribution < 1.29 is 14.3 Å². The largest absolute Gasteiger partial charge is 0.497 e. The fourth-order valence-electron chi connectivity index (χ4n) is 3.62. The summed E-state index contributed by atoms with van der Waals surface area (Å²) in [6, 6.07) is 7.40. The minimum absolute atomic E-state index is 0.159. The fraction of sp³-hybridized carbons (Fsp3) is 0.474. The Labute approximate surface area is 152 Å². The first-order valence-electron chi connectivity index (χ1n) is 8.90. The van der Waals surface area contributed by atoms with Gasteiger partial charge in [-0.25, -0.2) is 0 Å². The van der Waals surface area contributed by atoms with E-state index < -0.39 is 0 Å². The molecule has 2 N–H and O–H groups in total. The molecule has 0 radical (unpaired) electrons. The van der Waals surface area contributed by atoms with E-state index in [-0.39, 0.29) is 17.6 Å². The first kappa shape index (κ1) is 16.9. The van der Waals surface area contributed by atoms with Gasteiger partial charge in [-0.3, -0.25) is 9.48 Å². The molecule has 0 unspecified atom stereocenters. The molecule has 4 rings (SSSR count). The molecule has 0 fully saturated rings. The molecule has 1 aromatic carbocycles. The molecule has 138 valence electrons. The van der Waals surface area contributed by atoms with Crippen molar-refractivity contribution in [3.63, 3.8) is 0 Å². The molecule has 0 saturated heterocycles. The third-order valence-electron chi connectivity index (χ3n) is 4.88. The van der Waals surface area contributed by atoms with Crippen LogP contribution in [0.3, 0.4) is 0 Å². The number of nitrogens with zero attached hydrogens (tertiary/aromatic N) is 2. The van der Waals surface area contributed by atoms with Gasteiger partial charge >= 0.3 is 0 Å². The second-order valence-electron chi connectivity index (χ2n) is 7.42. The molecule has 1 atom stereocenters. The first-order valence-corrected chi connectivity index (χ1v) is 8.90. The molecule has 2 aliphatic heterocycles. The highest BCUT2D eigenvalue weighted by molar-refractivity contribution is 5.92. The third-order valence-corrected chi connectivity index (χ3v) is 4.88. The molecule has 7 nitrogen and oxygen atoms in total. The van der Waals surface area contributed by atoms with E-state index >= 15 is 0 Å². The molecular weight excluding hydrogens is 332 g/mol. The van der Waals surface area contributed by atoms with E-state index in [4.69, 9.17) is 9.47 Å². The standard InChI is InChI=1S/C19H24N4O3/c1-19(2)10-16(14-9-13(25-3)4-5-17(14)26-19)21-18(24)15-8-12-11-20-6-7-23(12)22-15/h4-5,8-9,16,20H,6-7,10-11H2,1-3H3,(H,21,24)/t16-/m1/s1. The average Bonchev–Trinajstić information content (AvgIpc) is 3.05. The van der Waals surface area contributed by atoms with Crippen LogP contribution in [0.5, 0.6) is 11.5 Å². The normalized spacial score (nSPS) is 20.5. The summed E-state index contributed by atoms with van der Waals surface area (Å²) in [5.41, 5.74) is 2.06. The molecule has 2 aliphatic rings. The van der Waals surface area contributed by atoms with Gasteiger partial charge in [0.1, 0.15) is 17.1 Å². The van der Waals surface area contributed by atoms with Crippen LogP contribution in [0, 0.1) is 0 Å². The smallest absolute Gasteiger partial charge is 0.272 e. The zero-order valence-electron chi connectivity index (χ0n) is 15.3. The Balaban J connectivity index is 1.61. The summed E-state index contributed by atoms with van der Waals surface area (Å²) in [6.07, 6.45) is 0.675. The minimum atomic E-state index is -0.364. The number of nitrogens with one attached hydrogen (secondary N) is 2. The van der Waals surface area contributed by atoms with Crippen molar-refractivity contribution in [2.45, 2.75) is 45.0 Å². The van der Waals surface area contributed by atoms with Gasteiger partial charge in [0.2, 0.25) is 0 Å². The third kappa shape index (κ3) is 3.14. The zero-order chi connectivity index (χ0) is 18.3. The second-order valence-corrected chi connectivity index (χ2v) is 7.42. The maximum atomic E-state index is 12.8. The summed E-state index contributed by atoms with van der Waals surface area (Å²) in [5, 5.41) is 10.9. The van der Waals surface area contributed by atoms with Gasteiger partial charge < -0.3 is 20.1 Å². The second kappa shape index (κ2) is 6.32. The Morgan fingerprint density at radius 2 is 2.27 bits per heavy atom. The van der Waals surface area contributed by atoms with E-state index in [0.29, 0.717) is 12.1 Å². The van der Waals surface area contributed by atoms with E-state index in [0.717, 1.165) is 42.4 Å². The summed E-state index contributed by atoms with van der Waals surface area (Å²) in [6.45, 7) is 6.45. The SMILES string of the molecule is COc1ccc2c(c1)[C@H](NC(=O)c1cc3n(n1)CCNC3)CC(C)(C)O2. The van der Waals surface area contributed by atoms with Crippen molar-refractivity contribution in [2.24, 2.45) is 0 Å². The molecule has 3 heterocycles. The van der Waals surface area contributed by atoms with E-state index in [1.54, 1.807) is 7.11 Å². The van der Waals surface area contributed by atoms with Crippen LogP contribution in [-0.4, -0.2) is 34.9 Å². The summed E-state index contributed by atoms with van der Waals surface area (Å²) >= 11 is 0. The Kier molecular flexibility index (Phi) is 4.11. The molecule has 26 heavy (non-hydrogen) atoms. The molecule has 0 aliphatic carbocycles. The number of aromatic nitrogens is 2. The highest BCUT2D eigenvalue weighted by Crippen LogP contribution is 2.41. The predicted octanol–water partition coefficient (Wildman–Crippen LogP) is 2.03. The number of fused-ring (bicyclic) bond motifs is 2. The van der Waals surface area contributed by atoms with Gasteiger partial charge in [-0.2, -0.15) is 5.10 Å². The van der Waals surface area contributed by atoms with E-state index in [1.807, 2.05) is 42.8 Å². The van der Waals surface area contributed by atoms with Gasteiger partial charge in [-0.15, -0.1) is 0 Å². The Hall–Kier alpha value is -2.54. The number of hydrogen-bond donors (Lipinski definition) is 2. The Morgan fingerprint density at radius 1 is 1.42 bits per heavy atom. The highest BCUT2D eigenvalue weighted by atomic mass is 16.5. The van der Waals surface area contributed by atoms with Gasteiger partial charge in [0.05, 0.1) is 25.4 Å². The molecule has 1 aromatic heterocycles. The van der Waals surface area contributed by atoms with Crippen molar-refractivity contribution in [3.8, 4) is 11.5 Å². The van der Waals surface area contributed by atoms with Crippen LogP contribution in [0.4, 0.5) is 0 Å². The lowest BCUT2D eigenvalue weighted by Crippen LogP contribution is -2.41. The highest BCUT2D eigenvalue weighted by Gasteiger charge is 2.35. The summed E-state index contributed by atoms with van der Waals surface area (Å²) in [5.74, 6) is 1.36. The Bertz CT molecular complexity index is 820. The van der Waals surface area contributed by atoms with Crippen molar-refractivity contribution >= 4 is 5.91 Å². The van der Waals surface area contributed by atoms with Gasteiger partial charge in [0, 0.05) is 25.1 Å². The van der Waals surface area contributed by atoms with E-state index in [1.165, 1.54) is 0 Å². The number of hydrogen-bond acceptors (Lipinski definition) is 5. The number of methoxy groups -OCH3 is 1. The summed E-state index contributed by atoms with van der Waals surface area (Å²) < 4.78 is 13.3. The van der Waals surface area contributed by atoms with Gasteiger partial charge in [-0.1, -0.05) is 0 Å². The first-order chi connectivity index (χ1) is 12.4. The maximum Gasteiger partial charge on any atom is 0.272 e. The number of carbonyl (C=O) groups excluding carboxylic acids is 1. The molecule has 0 spiro atoms. The summed E-state index contributed by atoms with van der Waals surface area (Å²) in [7, 11) is 1.63. The number of rotatable bonds is 3. The van der Waals surface area contributed by atoms with Crippen LogP contribution < -0.4 is 20.1 Å². The van der Waals surface area contributed by atoms with Crippen molar-refractivity contribution in [1.82, 2.24) is 20.4 Å². The topological polar surface area (TPSA) is 77.4 Å². The monoisotopic (exact) mass is 356 g/mol. The quantitative estimate of drug-likeness (QED) is 0.880. The lowest BCUT2D eigenvalue weighted by atomic mass is 9.89. The maximum absolute atomic E-state index is 12.8. The van der Waals surface area contributed by atoms with E-state index in [2.05, 4.69) is 15.7 Å². The molecule has 7 heteroatoms. The lowest BCUT2D eigenvalue weighted by Gasteiger charge is -2.38. The molecular formula is C19H24N4O3. The number of benzene rings is 1. The van der Waals surface area contributed by atoms with Crippen LogP contribution >= 0.6 is 0 Å². The molecule has 1 amide bonds. The van der Waals surface area contributed by atoms with Crippen molar-refractivity contribution in [3.05, 3.63) is 41.2 Å². The van der Waals surface area contributed by atoms with Crippen LogP contribution in [0.15, 0.2) is 24.3 Å².